The van der Waals surface area contributed by atoms with Crippen LogP contribution in [0.5, 0.6) is 0 Å². The highest BCUT2D eigenvalue weighted by Gasteiger charge is 2.42. The quantitative estimate of drug-likeness (QED) is 0.834. The Morgan fingerprint density at radius 1 is 1.28 bits per heavy atom. The Hall–Kier alpha value is -0.570. The molecular formula is C15H28N2O. The first-order valence-electron chi connectivity index (χ1n) is 7.75. The third-order valence-corrected chi connectivity index (χ3v) is 4.97. The zero-order chi connectivity index (χ0) is 13.0. The second-order valence-corrected chi connectivity index (χ2v) is 5.94. The fourth-order valence-electron chi connectivity index (χ4n) is 3.69. The van der Waals surface area contributed by atoms with Crippen molar-refractivity contribution in [2.45, 2.75) is 64.8 Å². The molecule has 0 aromatic rings. The largest absolute Gasteiger partial charge is 0.339 e. The number of nitrogens with zero attached hydrogens (tertiary/aromatic N) is 1. The molecule has 1 unspecified atom stereocenters. The summed E-state index contributed by atoms with van der Waals surface area (Å²) in [4.78, 5) is 15.1. The molecule has 1 N–H and O–H groups in total. The molecule has 1 aliphatic heterocycles. The van der Waals surface area contributed by atoms with E-state index in [0.717, 1.165) is 38.9 Å². The van der Waals surface area contributed by atoms with Crippen molar-refractivity contribution in [3.63, 3.8) is 0 Å². The number of hydrogen-bond donors (Lipinski definition) is 1. The molecule has 18 heavy (non-hydrogen) atoms. The van der Waals surface area contributed by atoms with E-state index in [1.807, 2.05) is 0 Å². The number of amides is 1. The molecule has 0 radical (unpaired) electrons. The predicted octanol–water partition coefficient (Wildman–Crippen LogP) is 2.56. The van der Waals surface area contributed by atoms with E-state index in [4.69, 9.17) is 0 Å². The maximum atomic E-state index is 13.0. The zero-order valence-electron chi connectivity index (χ0n) is 12.0. The van der Waals surface area contributed by atoms with Crippen LogP contribution in [-0.4, -0.2) is 36.5 Å². The van der Waals surface area contributed by atoms with Gasteiger partial charge in [-0.2, -0.15) is 0 Å². The number of nitrogens with one attached hydrogen (secondary N) is 1. The van der Waals surface area contributed by atoms with E-state index in [1.165, 1.54) is 25.7 Å². The average molecular weight is 252 g/mol. The van der Waals surface area contributed by atoms with Crippen molar-refractivity contribution < 1.29 is 4.79 Å². The Kier molecular flexibility index (Phi) is 4.66. The Morgan fingerprint density at radius 2 is 2.00 bits per heavy atom. The van der Waals surface area contributed by atoms with Crippen LogP contribution in [0, 0.1) is 5.41 Å². The van der Waals surface area contributed by atoms with Gasteiger partial charge < -0.3 is 10.2 Å². The molecule has 3 nitrogen and oxygen atoms in total. The van der Waals surface area contributed by atoms with Crippen LogP contribution in [0.25, 0.3) is 0 Å². The fourth-order valence-corrected chi connectivity index (χ4v) is 3.69. The first-order valence-corrected chi connectivity index (χ1v) is 7.75. The number of carbonyl (C=O) groups excluding carboxylic acids is 1. The van der Waals surface area contributed by atoms with Gasteiger partial charge >= 0.3 is 0 Å². The molecule has 104 valence electrons. The van der Waals surface area contributed by atoms with E-state index < -0.39 is 0 Å². The smallest absolute Gasteiger partial charge is 0.230 e. The summed E-state index contributed by atoms with van der Waals surface area (Å²) in [6, 6.07) is 0.521. The van der Waals surface area contributed by atoms with Crippen LogP contribution in [0.3, 0.4) is 0 Å². The number of hydrogen-bond acceptors (Lipinski definition) is 2. The average Bonchev–Trinajstić information content (AvgIpc) is 2.94. The summed E-state index contributed by atoms with van der Waals surface area (Å²) in [5.41, 5.74) is -0.114. The summed E-state index contributed by atoms with van der Waals surface area (Å²) >= 11 is 0. The zero-order valence-corrected chi connectivity index (χ0v) is 12.0. The minimum atomic E-state index is -0.114. The number of piperidine rings is 1. The summed E-state index contributed by atoms with van der Waals surface area (Å²) < 4.78 is 0. The van der Waals surface area contributed by atoms with Crippen molar-refractivity contribution in [3.8, 4) is 0 Å². The Bertz CT molecular complexity index is 278. The maximum absolute atomic E-state index is 13.0. The third-order valence-electron chi connectivity index (χ3n) is 4.97. The van der Waals surface area contributed by atoms with Crippen LogP contribution in [0.15, 0.2) is 0 Å². The lowest BCUT2D eigenvalue weighted by molar-refractivity contribution is -0.145. The molecule has 0 spiro atoms. The Balaban J connectivity index is 2.10. The van der Waals surface area contributed by atoms with Gasteiger partial charge in [0.15, 0.2) is 0 Å². The highest BCUT2D eigenvalue weighted by molar-refractivity contribution is 5.83. The lowest BCUT2D eigenvalue weighted by atomic mass is 9.76. The molecule has 3 heteroatoms. The van der Waals surface area contributed by atoms with Crippen molar-refractivity contribution in [2.75, 3.05) is 19.6 Å². The Morgan fingerprint density at radius 3 is 2.50 bits per heavy atom. The summed E-state index contributed by atoms with van der Waals surface area (Å²) in [5, 5.41) is 3.43. The summed E-state index contributed by atoms with van der Waals surface area (Å²) in [5.74, 6) is 0.423. The highest BCUT2D eigenvalue weighted by Crippen LogP contribution is 2.35. The van der Waals surface area contributed by atoms with Crippen molar-refractivity contribution in [3.05, 3.63) is 0 Å². The van der Waals surface area contributed by atoms with Crippen LogP contribution in [0.4, 0.5) is 0 Å². The molecule has 1 saturated carbocycles. The molecule has 2 aliphatic rings. The van der Waals surface area contributed by atoms with Gasteiger partial charge in [-0.1, -0.05) is 19.8 Å². The van der Waals surface area contributed by atoms with Crippen LogP contribution in [0.2, 0.25) is 0 Å². The van der Waals surface area contributed by atoms with Gasteiger partial charge in [0.2, 0.25) is 5.91 Å². The van der Waals surface area contributed by atoms with Crippen molar-refractivity contribution in [1.29, 1.82) is 0 Å². The van der Waals surface area contributed by atoms with Gasteiger partial charge in [-0.05, 0) is 45.6 Å². The van der Waals surface area contributed by atoms with E-state index in [2.05, 4.69) is 24.1 Å². The van der Waals surface area contributed by atoms with Crippen molar-refractivity contribution in [1.82, 2.24) is 10.2 Å². The first-order chi connectivity index (χ1) is 8.73. The second-order valence-electron chi connectivity index (χ2n) is 5.94. The molecule has 2 rings (SSSR count). The molecule has 1 heterocycles. The van der Waals surface area contributed by atoms with Gasteiger partial charge in [0.25, 0.3) is 0 Å². The van der Waals surface area contributed by atoms with Gasteiger partial charge in [0.05, 0.1) is 5.41 Å². The summed E-state index contributed by atoms with van der Waals surface area (Å²) in [7, 11) is 0. The van der Waals surface area contributed by atoms with Gasteiger partial charge in [-0.3, -0.25) is 4.79 Å². The summed E-state index contributed by atoms with van der Waals surface area (Å²) in [6.45, 7) is 7.14. The molecule has 1 amide bonds. The van der Waals surface area contributed by atoms with Gasteiger partial charge in [-0.25, -0.2) is 0 Å². The van der Waals surface area contributed by atoms with Crippen LogP contribution < -0.4 is 5.32 Å². The molecule has 1 aliphatic carbocycles. The maximum Gasteiger partial charge on any atom is 0.230 e. The first kappa shape index (κ1) is 13.9. The van der Waals surface area contributed by atoms with E-state index in [0.29, 0.717) is 11.9 Å². The van der Waals surface area contributed by atoms with Crippen molar-refractivity contribution >= 4 is 5.91 Å². The summed E-state index contributed by atoms with van der Waals surface area (Å²) in [6.07, 6.45) is 8.21. The number of rotatable bonds is 4. The predicted molar refractivity (Wildman–Crippen MR) is 74.5 cm³/mol. The molecule has 2 fully saturated rings. The lowest BCUT2D eigenvalue weighted by Crippen LogP contribution is -2.53. The fraction of sp³-hybridized carbons (Fsp3) is 0.933. The lowest BCUT2D eigenvalue weighted by Gasteiger charge is -2.41. The minimum Gasteiger partial charge on any atom is -0.339 e. The second kappa shape index (κ2) is 6.05. The van der Waals surface area contributed by atoms with Crippen molar-refractivity contribution in [2.24, 2.45) is 5.41 Å². The van der Waals surface area contributed by atoms with E-state index in [-0.39, 0.29) is 5.41 Å². The van der Waals surface area contributed by atoms with Gasteiger partial charge in [0.1, 0.15) is 0 Å². The van der Waals surface area contributed by atoms with E-state index in [9.17, 15) is 4.79 Å². The van der Waals surface area contributed by atoms with Crippen LogP contribution >= 0.6 is 0 Å². The van der Waals surface area contributed by atoms with Gasteiger partial charge in [0, 0.05) is 19.1 Å². The normalized spacial score (nSPS) is 29.4. The van der Waals surface area contributed by atoms with Gasteiger partial charge in [-0.15, -0.1) is 0 Å². The Labute approximate surface area is 111 Å². The third kappa shape index (κ3) is 2.56. The van der Waals surface area contributed by atoms with Crippen LogP contribution in [0.1, 0.15) is 58.8 Å². The molecule has 1 saturated heterocycles. The van der Waals surface area contributed by atoms with E-state index in [1.54, 1.807) is 0 Å². The monoisotopic (exact) mass is 252 g/mol. The molecule has 0 bridgehead atoms. The standard InChI is InChI=1S/C15H28N2O/c1-3-15(10-7-11-16-12-15)14(18)17(4-2)13-8-5-6-9-13/h13,16H,3-12H2,1-2H3. The van der Waals surface area contributed by atoms with E-state index >= 15 is 0 Å². The topological polar surface area (TPSA) is 32.3 Å². The molecule has 0 aromatic carbocycles. The molecule has 0 aromatic heterocycles. The minimum absolute atomic E-state index is 0.114. The molecular weight excluding hydrogens is 224 g/mol. The van der Waals surface area contributed by atoms with Crippen LogP contribution in [-0.2, 0) is 4.79 Å². The number of carbonyl (C=O) groups is 1. The SMILES string of the molecule is CCN(C(=O)C1(CC)CCCNC1)C1CCCC1. The highest BCUT2D eigenvalue weighted by atomic mass is 16.2. The molecule has 1 atom stereocenters.